The molecule has 0 saturated heterocycles. The summed E-state index contributed by atoms with van der Waals surface area (Å²) >= 11 is 0. The molecule has 0 atom stereocenters. The number of aromatic amines is 1. The number of hydrogen-bond donors (Lipinski definition) is 2. The summed E-state index contributed by atoms with van der Waals surface area (Å²) in [4.78, 5) is 6.82. The fourth-order valence-electron chi connectivity index (χ4n) is 0.875. The Kier molecular flexibility index (Phi) is 0.754. The van der Waals surface area contributed by atoms with Crippen LogP contribution in [-0.4, -0.2) is 15.1 Å². The number of hydrogen-bond acceptors (Lipinski definition) is 2. The van der Waals surface area contributed by atoms with Gasteiger partial charge in [-0.1, -0.05) is 0 Å². The summed E-state index contributed by atoms with van der Waals surface area (Å²) < 4.78 is 0. The van der Waals surface area contributed by atoms with Crippen LogP contribution in [0.25, 0.3) is 0 Å². The average molecular weight is 124 g/mol. The molecule has 0 aromatic carbocycles. The quantitative estimate of drug-likeness (QED) is 0.569. The van der Waals surface area contributed by atoms with Gasteiger partial charge in [0.2, 0.25) is 0 Å². The fourth-order valence-corrected chi connectivity index (χ4v) is 0.875. The van der Waals surface area contributed by atoms with Gasteiger partial charge >= 0.3 is 0 Å². The van der Waals surface area contributed by atoms with E-state index >= 15 is 0 Å². The summed E-state index contributed by atoms with van der Waals surface area (Å²) in [6.45, 7) is 0. The summed E-state index contributed by atoms with van der Waals surface area (Å²) in [6.07, 6.45) is 5.08. The summed E-state index contributed by atoms with van der Waals surface area (Å²) in [7, 11) is 0. The topological polar surface area (TPSA) is 48.9 Å². The van der Waals surface area contributed by atoms with Crippen molar-refractivity contribution in [3.8, 4) is 0 Å². The molecule has 0 aliphatic heterocycles. The number of imidazole rings is 1. The third kappa shape index (κ3) is 0.650. The fraction of sp³-hybridized carbons (Fsp3) is 0.500. The molecule has 2 rings (SSSR count). The molecule has 1 saturated carbocycles. The normalized spacial score (nSPS) is 21.9. The molecule has 9 heavy (non-hydrogen) atoms. The number of rotatable bonds is 1. The highest BCUT2D eigenvalue weighted by Gasteiger charge is 2.44. The molecule has 2 N–H and O–H groups in total. The zero-order valence-corrected chi connectivity index (χ0v) is 4.96. The van der Waals surface area contributed by atoms with E-state index in [1.165, 1.54) is 0 Å². The Balaban J connectivity index is 2.34. The maximum absolute atomic E-state index is 9.40. The summed E-state index contributed by atoms with van der Waals surface area (Å²) in [5, 5.41) is 9.40. The summed E-state index contributed by atoms with van der Waals surface area (Å²) in [6, 6.07) is 0. The van der Waals surface area contributed by atoms with E-state index in [2.05, 4.69) is 9.97 Å². The Labute approximate surface area is 52.7 Å². The van der Waals surface area contributed by atoms with Crippen LogP contribution in [0.5, 0.6) is 0 Å². The van der Waals surface area contributed by atoms with Crippen molar-refractivity contribution in [2.45, 2.75) is 18.4 Å². The zero-order valence-electron chi connectivity index (χ0n) is 4.96. The Morgan fingerprint density at radius 2 is 2.44 bits per heavy atom. The second-order valence-electron chi connectivity index (χ2n) is 2.47. The molecule has 3 nitrogen and oxygen atoms in total. The lowest BCUT2D eigenvalue weighted by Crippen LogP contribution is -2.05. The van der Waals surface area contributed by atoms with Gasteiger partial charge in [0.25, 0.3) is 0 Å². The summed E-state index contributed by atoms with van der Waals surface area (Å²) in [5.74, 6) is 0.711. The van der Waals surface area contributed by atoms with E-state index in [0.29, 0.717) is 5.82 Å². The molecule has 1 heterocycles. The monoisotopic (exact) mass is 124 g/mol. The first-order valence-electron chi connectivity index (χ1n) is 3.03. The molecule has 1 fully saturated rings. The number of nitrogens with zero attached hydrogens (tertiary/aromatic N) is 1. The Morgan fingerprint density at radius 3 is 2.89 bits per heavy atom. The van der Waals surface area contributed by atoms with Gasteiger partial charge in [-0.05, 0) is 12.8 Å². The molecule has 1 aliphatic rings. The lowest BCUT2D eigenvalue weighted by molar-refractivity contribution is 0.142. The number of nitrogens with one attached hydrogen (secondary N) is 1. The van der Waals surface area contributed by atoms with Crippen LogP contribution in [-0.2, 0) is 5.60 Å². The van der Waals surface area contributed by atoms with Crippen molar-refractivity contribution in [3.63, 3.8) is 0 Å². The number of aromatic nitrogens is 2. The predicted octanol–water partition coefficient (Wildman–Crippen LogP) is 0.391. The van der Waals surface area contributed by atoms with Crippen LogP contribution >= 0.6 is 0 Å². The third-order valence-corrected chi connectivity index (χ3v) is 1.66. The first-order valence-corrected chi connectivity index (χ1v) is 3.03. The van der Waals surface area contributed by atoms with Gasteiger partial charge in [-0.25, -0.2) is 4.98 Å². The molecule has 0 amide bonds. The third-order valence-electron chi connectivity index (χ3n) is 1.66. The van der Waals surface area contributed by atoms with E-state index in [-0.39, 0.29) is 0 Å². The van der Waals surface area contributed by atoms with Crippen LogP contribution in [0.15, 0.2) is 12.4 Å². The van der Waals surface area contributed by atoms with Gasteiger partial charge in [-0.15, -0.1) is 0 Å². The van der Waals surface area contributed by atoms with E-state index in [1.54, 1.807) is 12.4 Å². The Bertz CT molecular complexity index is 201. The Morgan fingerprint density at radius 1 is 1.67 bits per heavy atom. The zero-order chi connectivity index (χ0) is 6.32. The van der Waals surface area contributed by atoms with Crippen LogP contribution in [0, 0.1) is 0 Å². The van der Waals surface area contributed by atoms with Crippen molar-refractivity contribution in [2.24, 2.45) is 0 Å². The van der Waals surface area contributed by atoms with Crippen molar-refractivity contribution in [3.05, 3.63) is 18.2 Å². The van der Waals surface area contributed by atoms with E-state index in [4.69, 9.17) is 0 Å². The highest BCUT2D eigenvalue weighted by molar-refractivity contribution is 5.10. The van der Waals surface area contributed by atoms with E-state index in [9.17, 15) is 5.11 Å². The number of H-pyrrole nitrogens is 1. The average Bonchev–Trinajstić information content (AvgIpc) is 2.46. The van der Waals surface area contributed by atoms with Crippen LogP contribution < -0.4 is 0 Å². The molecule has 48 valence electrons. The lowest BCUT2D eigenvalue weighted by Gasteiger charge is -1.99. The predicted molar refractivity (Wildman–Crippen MR) is 31.7 cm³/mol. The molecule has 1 aromatic rings. The first kappa shape index (κ1) is 4.99. The molecule has 3 heteroatoms. The molecule has 0 unspecified atom stereocenters. The van der Waals surface area contributed by atoms with Gasteiger partial charge in [-0.3, -0.25) is 0 Å². The van der Waals surface area contributed by atoms with Gasteiger partial charge in [0, 0.05) is 12.4 Å². The largest absolute Gasteiger partial charge is 0.382 e. The minimum Gasteiger partial charge on any atom is -0.382 e. The van der Waals surface area contributed by atoms with Gasteiger partial charge in [-0.2, -0.15) is 0 Å². The molecule has 0 spiro atoms. The van der Waals surface area contributed by atoms with Crippen LogP contribution in [0.3, 0.4) is 0 Å². The van der Waals surface area contributed by atoms with Gasteiger partial charge in [0.1, 0.15) is 11.4 Å². The van der Waals surface area contributed by atoms with Gasteiger partial charge in [0.15, 0.2) is 0 Å². The SMILES string of the molecule is OC1(c2ncc[nH]2)CC1. The van der Waals surface area contributed by atoms with Crippen LogP contribution in [0.1, 0.15) is 18.7 Å². The van der Waals surface area contributed by atoms with E-state index in [1.807, 2.05) is 0 Å². The number of aliphatic hydroxyl groups is 1. The molecule has 1 aliphatic carbocycles. The molecule has 0 bridgehead atoms. The smallest absolute Gasteiger partial charge is 0.138 e. The summed E-state index contributed by atoms with van der Waals surface area (Å²) in [5.41, 5.74) is -0.594. The second kappa shape index (κ2) is 1.36. The van der Waals surface area contributed by atoms with Gasteiger partial charge in [0.05, 0.1) is 0 Å². The van der Waals surface area contributed by atoms with E-state index in [0.717, 1.165) is 12.8 Å². The minimum atomic E-state index is -0.594. The van der Waals surface area contributed by atoms with Crippen molar-refractivity contribution in [1.29, 1.82) is 0 Å². The Hall–Kier alpha value is -0.830. The minimum absolute atomic E-state index is 0.594. The van der Waals surface area contributed by atoms with Crippen molar-refractivity contribution in [1.82, 2.24) is 9.97 Å². The molecular weight excluding hydrogens is 116 g/mol. The van der Waals surface area contributed by atoms with E-state index < -0.39 is 5.60 Å². The van der Waals surface area contributed by atoms with Crippen molar-refractivity contribution < 1.29 is 5.11 Å². The molecular formula is C6H8N2O. The first-order chi connectivity index (χ1) is 4.31. The maximum atomic E-state index is 9.40. The molecule has 1 aromatic heterocycles. The van der Waals surface area contributed by atoms with Crippen molar-refractivity contribution in [2.75, 3.05) is 0 Å². The second-order valence-corrected chi connectivity index (χ2v) is 2.47. The standard InChI is InChI=1S/C6H8N2O/c9-6(1-2-6)5-7-3-4-8-5/h3-4,9H,1-2H2,(H,7,8). The van der Waals surface area contributed by atoms with Crippen LogP contribution in [0.2, 0.25) is 0 Å². The van der Waals surface area contributed by atoms with Crippen LogP contribution in [0.4, 0.5) is 0 Å². The highest BCUT2D eigenvalue weighted by Crippen LogP contribution is 2.43. The lowest BCUT2D eigenvalue weighted by atomic mass is 10.3. The maximum Gasteiger partial charge on any atom is 0.138 e. The highest BCUT2D eigenvalue weighted by atomic mass is 16.3. The van der Waals surface area contributed by atoms with Crippen molar-refractivity contribution >= 4 is 0 Å². The molecule has 0 radical (unpaired) electrons. The van der Waals surface area contributed by atoms with Gasteiger partial charge < -0.3 is 10.1 Å².